The van der Waals surface area contributed by atoms with E-state index >= 15 is 0 Å². The largest absolute Gasteiger partial charge is 1.00 e. The van der Waals surface area contributed by atoms with Crippen molar-refractivity contribution in [2.75, 3.05) is 33.0 Å². The van der Waals surface area contributed by atoms with Crippen molar-refractivity contribution in [2.45, 2.75) is 37.0 Å². The van der Waals surface area contributed by atoms with Crippen molar-refractivity contribution >= 4 is 21.8 Å². The van der Waals surface area contributed by atoms with Crippen LogP contribution in [-0.2, 0) is 26.0 Å². The minimum absolute atomic E-state index is 0. The summed E-state index contributed by atoms with van der Waals surface area (Å²) < 4.78 is 41.8. The summed E-state index contributed by atoms with van der Waals surface area (Å²) in [6.07, 6.45) is 3.64. The molecule has 3 aliphatic rings. The quantitative estimate of drug-likeness (QED) is 0.421. The summed E-state index contributed by atoms with van der Waals surface area (Å²) in [5.41, 5.74) is 3.02. The molecule has 2 aromatic heterocycles. The third kappa shape index (κ3) is 4.84. The molecule has 1 aromatic carbocycles. The first-order valence-electron chi connectivity index (χ1n) is 11.0. The van der Waals surface area contributed by atoms with Crippen molar-refractivity contribution in [3.63, 3.8) is 0 Å². The molecule has 0 radical (unpaired) electrons. The van der Waals surface area contributed by atoms with E-state index in [1.807, 2.05) is 6.92 Å². The number of ether oxygens (including phenoxy) is 5. The zero-order valence-corrected chi connectivity index (χ0v) is 22.1. The number of nitrogens with zero attached hydrogens (tertiary/aromatic N) is 3. The Morgan fingerprint density at radius 1 is 1.18 bits per heavy atom. The number of benzene rings is 1. The first kappa shape index (κ1) is 24.0. The number of fused-ring (bicyclic) bond motifs is 2. The van der Waals surface area contributed by atoms with Crippen LogP contribution in [0.25, 0.3) is 11.0 Å². The zero-order valence-electron chi connectivity index (χ0n) is 19.2. The minimum Gasteiger partial charge on any atom is -0.488 e. The first-order valence-corrected chi connectivity index (χ1v) is 12.3. The van der Waals surface area contributed by atoms with E-state index in [0.717, 1.165) is 18.8 Å². The molecule has 1 spiro atoms. The van der Waals surface area contributed by atoms with E-state index in [4.69, 9.17) is 23.7 Å². The molecule has 6 rings (SSSR count). The van der Waals surface area contributed by atoms with Crippen LogP contribution in [0.2, 0.25) is 0 Å². The second-order valence-electron chi connectivity index (χ2n) is 8.72. The molecule has 11 heteroatoms. The van der Waals surface area contributed by atoms with E-state index < -0.39 is 10.8 Å². The van der Waals surface area contributed by atoms with Crippen LogP contribution >= 0.6 is 0 Å². The Labute approximate surface area is 221 Å². The van der Waals surface area contributed by atoms with Crippen LogP contribution in [0.5, 0.6) is 17.2 Å². The van der Waals surface area contributed by atoms with Crippen LogP contribution in [-0.4, -0.2) is 53.5 Å². The van der Waals surface area contributed by atoms with Crippen molar-refractivity contribution < 1.29 is 57.5 Å². The van der Waals surface area contributed by atoms with Gasteiger partial charge in [-0.2, -0.15) is 0 Å². The van der Waals surface area contributed by atoms with Crippen molar-refractivity contribution in [2.24, 2.45) is 5.41 Å². The van der Waals surface area contributed by atoms with Crippen LogP contribution in [0.1, 0.15) is 24.1 Å². The molecule has 3 aromatic rings. The first-order chi connectivity index (χ1) is 16.1. The van der Waals surface area contributed by atoms with Gasteiger partial charge in [0.15, 0.2) is 17.8 Å². The third-order valence-corrected chi connectivity index (χ3v) is 7.41. The molecule has 9 nitrogen and oxygen atoms in total. The van der Waals surface area contributed by atoms with E-state index in [1.54, 1.807) is 24.4 Å². The molecule has 1 aliphatic carbocycles. The fourth-order valence-corrected chi connectivity index (χ4v) is 5.05. The Hall–Kier alpha value is -1.69. The summed E-state index contributed by atoms with van der Waals surface area (Å²) in [7, 11) is -1.47. The van der Waals surface area contributed by atoms with Gasteiger partial charge in [0.2, 0.25) is 0 Å². The van der Waals surface area contributed by atoms with E-state index in [1.165, 1.54) is 12.8 Å². The average molecular weight is 494 g/mol. The summed E-state index contributed by atoms with van der Waals surface area (Å²) in [5, 5.41) is 0.262. The smallest absolute Gasteiger partial charge is 0.488 e. The fourth-order valence-electron chi connectivity index (χ4n) is 3.98. The summed E-state index contributed by atoms with van der Waals surface area (Å²) >= 11 is 0. The van der Waals surface area contributed by atoms with Crippen molar-refractivity contribution in [1.29, 1.82) is 0 Å². The van der Waals surface area contributed by atoms with Gasteiger partial charge in [-0.05, 0) is 49.0 Å². The normalized spacial score (nSPS) is 19.6. The summed E-state index contributed by atoms with van der Waals surface area (Å²) in [6.45, 7) is 4.66. The summed E-state index contributed by atoms with van der Waals surface area (Å²) in [6, 6.07) is 5.34. The summed E-state index contributed by atoms with van der Waals surface area (Å²) in [5.74, 6) is 2.12. The molecule has 1 saturated heterocycles. The number of hydrogen-bond acceptors (Lipinski definition) is 8. The van der Waals surface area contributed by atoms with Crippen molar-refractivity contribution in [1.82, 2.24) is 15.0 Å². The van der Waals surface area contributed by atoms with E-state index in [0.29, 0.717) is 53.8 Å². The predicted octanol–water partition coefficient (Wildman–Crippen LogP) is -0.490. The molecule has 2 fully saturated rings. The molecule has 0 N–H and O–H groups in total. The Morgan fingerprint density at radius 3 is 2.65 bits per heavy atom. The molecule has 174 valence electrons. The van der Waals surface area contributed by atoms with Gasteiger partial charge in [-0.1, -0.05) is 0 Å². The van der Waals surface area contributed by atoms with Crippen LogP contribution in [0.3, 0.4) is 0 Å². The Bertz CT molecular complexity index is 1180. The number of rotatable bonds is 6. The Kier molecular flexibility index (Phi) is 6.89. The van der Waals surface area contributed by atoms with Gasteiger partial charge in [0, 0.05) is 22.3 Å². The Balaban J connectivity index is 0.00000241. The molecule has 0 amide bonds. The number of hydrogen-bond donors (Lipinski definition) is 0. The molecule has 1 saturated carbocycles. The molecule has 4 heterocycles. The number of aromatic nitrogens is 3. The maximum Gasteiger partial charge on any atom is 1.00 e. The van der Waals surface area contributed by atoms with Crippen LogP contribution in [0.15, 0.2) is 29.6 Å². The van der Waals surface area contributed by atoms with Gasteiger partial charge in [0.05, 0.1) is 35.5 Å². The monoisotopic (exact) mass is 493 g/mol. The molecule has 2 aliphatic heterocycles. The molecule has 34 heavy (non-hydrogen) atoms. The Morgan fingerprint density at radius 2 is 1.91 bits per heavy atom. The van der Waals surface area contributed by atoms with Gasteiger partial charge in [0.25, 0.3) is 0 Å². The van der Waals surface area contributed by atoms with Crippen LogP contribution in [0, 0.1) is 12.3 Å². The van der Waals surface area contributed by atoms with Crippen molar-refractivity contribution in [3.05, 3.63) is 35.7 Å². The molecule has 1 atom stereocenters. The van der Waals surface area contributed by atoms with Crippen molar-refractivity contribution in [3.8, 4) is 17.2 Å². The summed E-state index contributed by atoms with van der Waals surface area (Å²) in [4.78, 5) is 13.3. The molecule has 1 unspecified atom stereocenters. The number of imidazole rings is 1. The van der Waals surface area contributed by atoms with Gasteiger partial charge in [-0.15, -0.1) is 0 Å². The van der Waals surface area contributed by atoms with Crippen LogP contribution < -0.4 is 48.8 Å². The third-order valence-electron chi connectivity index (χ3n) is 6.28. The fraction of sp³-hybridized carbons (Fsp3) is 0.478. The standard InChI is InChI=1S/C23H24N3O6S.Na/c1-14-17(24-5-2-18(14)30-10-21-31-12-23(3-4-23)13-32-21)11-33(27)22-25-15-8-19-20(9-16(15)26-22)29-7-6-28-19;/h2,5,8-9,21H,3-4,6-7,10-13H2,1H3;/q-1;+1. The second kappa shape index (κ2) is 9.75. The molecular weight excluding hydrogens is 469 g/mol. The van der Waals surface area contributed by atoms with Gasteiger partial charge in [0.1, 0.15) is 25.6 Å². The topological polar surface area (TPSA) is 103 Å². The SMILES string of the molecule is Cc1c(OCC2OCC3(CC3)CO2)ccnc1CS(=O)c1nc2cc3c(cc2[n-]1)OCCO3.[Na+]. The maximum absolute atomic E-state index is 13.0. The minimum atomic E-state index is -1.47. The van der Waals surface area contributed by atoms with Gasteiger partial charge < -0.3 is 33.7 Å². The van der Waals surface area contributed by atoms with Gasteiger partial charge in [-0.3, -0.25) is 9.19 Å². The van der Waals surface area contributed by atoms with Crippen LogP contribution in [0.4, 0.5) is 0 Å². The predicted molar refractivity (Wildman–Crippen MR) is 118 cm³/mol. The van der Waals surface area contributed by atoms with E-state index in [9.17, 15) is 4.21 Å². The maximum atomic E-state index is 13.0. The van der Waals surface area contributed by atoms with Gasteiger partial charge in [-0.25, -0.2) is 0 Å². The van der Waals surface area contributed by atoms with E-state index in [2.05, 4.69) is 15.0 Å². The molecule has 0 bridgehead atoms. The average Bonchev–Trinajstić information content (AvgIpc) is 3.45. The second-order valence-corrected chi connectivity index (χ2v) is 10.1. The van der Waals surface area contributed by atoms with Gasteiger partial charge >= 0.3 is 29.6 Å². The van der Waals surface area contributed by atoms with E-state index in [-0.39, 0.29) is 52.2 Å². The zero-order chi connectivity index (χ0) is 22.4. The molecular formula is C23H24N3NaO6S. The number of pyridine rings is 1.